The average molecular weight is 301 g/mol. The minimum absolute atomic E-state index is 0.0867. The zero-order valence-electron chi connectivity index (χ0n) is 13.6. The summed E-state index contributed by atoms with van der Waals surface area (Å²) in [5.41, 5.74) is 1.52. The summed E-state index contributed by atoms with van der Waals surface area (Å²) in [5.74, 6) is 1.37. The van der Waals surface area contributed by atoms with E-state index in [0.717, 1.165) is 5.75 Å². The molecule has 0 radical (unpaired) electrons. The first-order chi connectivity index (χ1) is 9.74. The summed E-state index contributed by atoms with van der Waals surface area (Å²) in [4.78, 5) is 11.3. The van der Waals surface area contributed by atoms with Crippen LogP contribution in [0.2, 0.25) is 0 Å². The molecule has 0 atom stereocenters. The lowest BCUT2D eigenvalue weighted by Crippen LogP contribution is -2.07. The lowest BCUT2D eigenvalue weighted by molar-refractivity contribution is -0.139. The number of allylic oxidation sites excluding steroid dienone is 1. The Labute approximate surface area is 129 Å². The highest BCUT2D eigenvalue weighted by atomic mass is 32.2. The second kappa shape index (κ2) is 15.0. The largest absolute Gasteiger partial charge is 0.465 e. The Kier molecular flexibility index (Phi) is 14.6. The molecule has 0 spiro atoms. The number of hydrogen-bond donors (Lipinski definition) is 0. The van der Waals surface area contributed by atoms with Gasteiger partial charge in [-0.1, -0.05) is 51.2 Å². The molecule has 0 aliphatic carbocycles. The van der Waals surface area contributed by atoms with Crippen molar-refractivity contribution in [3.8, 4) is 0 Å². The highest BCUT2D eigenvalue weighted by Gasteiger charge is 2.04. The Morgan fingerprint density at radius 2 is 1.70 bits per heavy atom. The van der Waals surface area contributed by atoms with E-state index in [1.807, 2.05) is 6.92 Å². The molecule has 3 heteroatoms. The average Bonchev–Trinajstić information content (AvgIpc) is 2.43. The first kappa shape index (κ1) is 19.6. The number of esters is 1. The first-order valence-electron chi connectivity index (χ1n) is 8.15. The van der Waals surface area contributed by atoms with E-state index < -0.39 is 0 Å². The SMILES string of the molecule is CCCCC/C=C(\CCCCC)CSCC(=O)OCC. The minimum Gasteiger partial charge on any atom is -0.465 e. The van der Waals surface area contributed by atoms with E-state index in [9.17, 15) is 4.79 Å². The molecule has 0 aromatic carbocycles. The number of ether oxygens (including phenoxy) is 1. The van der Waals surface area contributed by atoms with Crippen molar-refractivity contribution in [3.05, 3.63) is 11.6 Å². The molecule has 0 aromatic rings. The fraction of sp³-hybridized carbons (Fsp3) is 0.824. The molecule has 0 unspecified atom stereocenters. The molecule has 118 valence electrons. The van der Waals surface area contributed by atoms with E-state index >= 15 is 0 Å². The monoisotopic (exact) mass is 300 g/mol. The van der Waals surface area contributed by atoms with Crippen LogP contribution in [0.3, 0.4) is 0 Å². The number of carbonyl (C=O) groups is 1. The second-order valence-corrected chi connectivity index (χ2v) is 6.10. The van der Waals surface area contributed by atoms with Gasteiger partial charge in [-0.05, 0) is 32.6 Å². The van der Waals surface area contributed by atoms with Crippen LogP contribution < -0.4 is 0 Å². The molecule has 0 saturated heterocycles. The first-order valence-corrected chi connectivity index (χ1v) is 9.31. The Morgan fingerprint density at radius 1 is 1.00 bits per heavy atom. The molecule has 0 aliphatic rings. The third kappa shape index (κ3) is 12.6. The van der Waals surface area contributed by atoms with E-state index in [-0.39, 0.29) is 5.97 Å². The van der Waals surface area contributed by atoms with Gasteiger partial charge in [-0.3, -0.25) is 4.79 Å². The quantitative estimate of drug-likeness (QED) is 0.260. The summed E-state index contributed by atoms with van der Waals surface area (Å²) < 4.78 is 4.96. The second-order valence-electron chi connectivity index (χ2n) is 5.11. The minimum atomic E-state index is -0.0867. The predicted molar refractivity (Wildman–Crippen MR) is 90.3 cm³/mol. The van der Waals surface area contributed by atoms with Gasteiger partial charge in [0.05, 0.1) is 12.4 Å². The maximum absolute atomic E-state index is 11.3. The Bertz CT molecular complexity index is 262. The Hall–Kier alpha value is -0.440. The molecule has 0 aromatic heterocycles. The summed E-state index contributed by atoms with van der Waals surface area (Å²) in [6.45, 7) is 6.81. The molecule has 0 saturated carbocycles. The summed E-state index contributed by atoms with van der Waals surface area (Å²) >= 11 is 1.69. The van der Waals surface area contributed by atoms with Gasteiger partial charge in [-0.2, -0.15) is 0 Å². The molecule has 0 bridgehead atoms. The third-order valence-electron chi connectivity index (χ3n) is 3.15. The molecule has 0 fully saturated rings. The standard InChI is InChI=1S/C17H32O2S/c1-4-7-9-11-13-16(12-10-8-5-2)14-20-15-17(18)19-6-3/h13H,4-12,14-15H2,1-3H3/b16-13+. The van der Waals surface area contributed by atoms with Gasteiger partial charge in [0.25, 0.3) is 0 Å². The highest BCUT2D eigenvalue weighted by Crippen LogP contribution is 2.17. The van der Waals surface area contributed by atoms with Crippen LogP contribution in [0.25, 0.3) is 0 Å². The van der Waals surface area contributed by atoms with Crippen LogP contribution in [-0.4, -0.2) is 24.1 Å². The number of rotatable bonds is 13. The molecule has 0 aliphatic heterocycles. The van der Waals surface area contributed by atoms with Gasteiger partial charge in [0.1, 0.15) is 0 Å². The summed E-state index contributed by atoms with van der Waals surface area (Å²) in [5, 5.41) is 0. The fourth-order valence-electron chi connectivity index (χ4n) is 2.00. The lowest BCUT2D eigenvalue weighted by Gasteiger charge is -2.08. The predicted octanol–water partition coefficient (Wildman–Crippen LogP) is 5.37. The zero-order chi connectivity index (χ0) is 15.1. The third-order valence-corrected chi connectivity index (χ3v) is 4.17. The van der Waals surface area contributed by atoms with Crippen molar-refractivity contribution in [3.63, 3.8) is 0 Å². The van der Waals surface area contributed by atoms with Crippen LogP contribution in [0.1, 0.15) is 72.1 Å². The van der Waals surface area contributed by atoms with Gasteiger partial charge in [0.2, 0.25) is 0 Å². The van der Waals surface area contributed by atoms with E-state index in [1.54, 1.807) is 11.8 Å². The molecule has 0 N–H and O–H groups in total. The van der Waals surface area contributed by atoms with E-state index in [1.165, 1.54) is 56.9 Å². The smallest absolute Gasteiger partial charge is 0.315 e. The van der Waals surface area contributed by atoms with Crippen molar-refractivity contribution < 1.29 is 9.53 Å². The Morgan fingerprint density at radius 3 is 2.35 bits per heavy atom. The molecule has 0 amide bonds. The van der Waals surface area contributed by atoms with Gasteiger partial charge in [-0.25, -0.2) is 0 Å². The number of hydrogen-bond acceptors (Lipinski definition) is 3. The summed E-state index contributed by atoms with van der Waals surface area (Å²) in [6.07, 6.45) is 12.5. The molecule has 0 rings (SSSR count). The van der Waals surface area contributed by atoms with Crippen molar-refractivity contribution in [2.24, 2.45) is 0 Å². The molecule has 20 heavy (non-hydrogen) atoms. The zero-order valence-corrected chi connectivity index (χ0v) is 14.4. The van der Waals surface area contributed by atoms with Crippen LogP contribution in [0.15, 0.2) is 11.6 Å². The van der Waals surface area contributed by atoms with Gasteiger partial charge in [0.15, 0.2) is 0 Å². The van der Waals surface area contributed by atoms with E-state index in [2.05, 4.69) is 19.9 Å². The van der Waals surface area contributed by atoms with Crippen LogP contribution in [0.5, 0.6) is 0 Å². The van der Waals surface area contributed by atoms with Crippen molar-refractivity contribution in [1.82, 2.24) is 0 Å². The summed E-state index contributed by atoms with van der Waals surface area (Å²) in [6, 6.07) is 0. The normalized spacial score (nSPS) is 11.7. The van der Waals surface area contributed by atoms with Crippen LogP contribution in [0.4, 0.5) is 0 Å². The van der Waals surface area contributed by atoms with E-state index in [4.69, 9.17) is 4.74 Å². The van der Waals surface area contributed by atoms with Crippen molar-refractivity contribution in [2.75, 3.05) is 18.1 Å². The molecule has 2 nitrogen and oxygen atoms in total. The van der Waals surface area contributed by atoms with Gasteiger partial charge in [-0.15, -0.1) is 11.8 Å². The van der Waals surface area contributed by atoms with Gasteiger partial charge in [0, 0.05) is 5.75 Å². The van der Waals surface area contributed by atoms with Crippen LogP contribution in [-0.2, 0) is 9.53 Å². The van der Waals surface area contributed by atoms with Crippen LogP contribution in [0, 0.1) is 0 Å². The van der Waals surface area contributed by atoms with Gasteiger partial charge >= 0.3 is 5.97 Å². The number of thioether (sulfide) groups is 1. The number of carbonyl (C=O) groups excluding carboxylic acids is 1. The highest BCUT2D eigenvalue weighted by molar-refractivity contribution is 8.00. The topological polar surface area (TPSA) is 26.3 Å². The maximum Gasteiger partial charge on any atom is 0.315 e. The van der Waals surface area contributed by atoms with Crippen molar-refractivity contribution >= 4 is 17.7 Å². The summed E-state index contributed by atoms with van der Waals surface area (Å²) in [7, 11) is 0. The lowest BCUT2D eigenvalue weighted by atomic mass is 10.1. The fourth-order valence-corrected chi connectivity index (χ4v) is 2.88. The number of unbranched alkanes of at least 4 members (excludes halogenated alkanes) is 5. The van der Waals surface area contributed by atoms with Gasteiger partial charge < -0.3 is 4.74 Å². The maximum atomic E-state index is 11.3. The molecule has 0 heterocycles. The molecular formula is C17H32O2S. The van der Waals surface area contributed by atoms with Crippen LogP contribution >= 0.6 is 11.8 Å². The molecular weight excluding hydrogens is 268 g/mol. The van der Waals surface area contributed by atoms with Crippen molar-refractivity contribution in [1.29, 1.82) is 0 Å². The van der Waals surface area contributed by atoms with Crippen molar-refractivity contribution in [2.45, 2.75) is 72.1 Å². The Balaban J connectivity index is 3.99. The van der Waals surface area contributed by atoms with E-state index in [0.29, 0.717) is 12.4 Å².